The number of nitrogens with one attached hydrogen (secondary N) is 1. The predicted octanol–water partition coefficient (Wildman–Crippen LogP) is 2.83. The van der Waals surface area contributed by atoms with Gasteiger partial charge in [0, 0.05) is 44.5 Å². The van der Waals surface area contributed by atoms with Crippen LogP contribution in [0.1, 0.15) is 19.8 Å². The Hall–Kier alpha value is -3.02. The van der Waals surface area contributed by atoms with Gasteiger partial charge in [0.25, 0.3) is 5.91 Å². The summed E-state index contributed by atoms with van der Waals surface area (Å²) in [6.45, 7) is 4.45. The Balaban J connectivity index is 1.47. The number of anilines is 2. The molecule has 1 heterocycles. The summed E-state index contributed by atoms with van der Waals surface area (Å²) in [5, 5.41) is 2.80. The summed E-state index contributed by atoms with van der Waals surface area (Å²) >= 11 is 0. The second kappa shape index (κ2) is 9.78. The molecule has 1 fully saturated rings. The third kappa shape index (κ3) is 5.49. The van der Waals surface area contributed by atoms with E-state index in [0.29, 0.717) is 18.8 Å². The molecule has 1 aliphatic heterocycles. The fourth-order valence-corrected chi connectivity index (χ4v) is 3.31. The summed E-state index contributed by atoms with van der Waals surface area (Å²) in [7, 11) is 0. The van der Waals surface area contributed by atoms with E-state index in [1.165, 1.54) is 25.5 Å². The maximum atomic E-state index is 12.1. The number of carbonyl (C=O) groups is 2. The minimum absolute atomic E-state index is 0.0470. The van der Waals surface area contributed by atoms with Crippen molar-refractivity contribution < 1.29 is 14.3 Å². The van der Waals surface area contributed by atoms with E-state index >= 15 is 0 Å². The first-order valence-corrected chi connectivity index (χ1v) is 9.71. The van der Waals surface area contributed by atoms with E-state index in [9.17, 15) is 9.59 Å². The lowest BCUT2D eigenvalue weighted by atomic mass is 10.2. The number of para-hydroxylation sites is 1. The first-order valence-electron chi connectivity index (χ1n) is 9.71. The number of hydrogen-bond donors (Lipinski definition) is 1. The zero-order chi connectivity index (χ0) is 19.8. The Morgan fingerprint density at radius 3 is 2.36 bits per heavy atom. The second-order valence-corrected chi connectivity index (χ2v) is 6.83. The topological polar surface area (TPSA) is 61.9 Å². The van der Waals surface area contributed by atoms with E-state index in [-0.39, 0.29) is 18.4 Å². The van der Waals surface area contributed by atoms with Crippen molar-refractivity contribution in [3.8, 4) is 5.75 Å². The molecule has 1 N–H and O–H groups in total. The summed E-state index contributed by atoms with van der Waals surface area (Å²) in [5.41, 5.74) is 2.03. The third-order valence-electron chi connectivity index (χ3n) is 4.78. The van der Waals surface area contributed by atoms with Gasteiger partial charge in [-0.15, -0.1) is 0 Å². The van der Waals surface area contributed by atoms with Crippen molar-refractivity contribution in [3.05, 3.63) is 54.6 Å². The van der Waals surface area contributed by atoms with Crippen LogP contribution in [0.4, 0.5) is 11.4 Å². The Kier molecular flexibility index (Phi) is 6.89. The average molecular weight is 381 g/mol. The first kappa shape index (κ1) is 19.7. The molecule has 0 spiro atoms. The number of hydrogen-bond acceptors (Lipinski definition) is 4. The van der Waals surface area contributed by atoms with Crippen molar-refractivity contribution >= 4 is 23.2 Å². The smallest absolute Gasteiger partial charge is 0.258 e. The minimum Gasteiger partial charge on any atom is -0.484 e. The molecule has 2 aromatic carbocycles. The van der Waals surface area contributed by atoms with Gasteiger partial charge in [0.15, 0.2) is 6.61 Å². The lowest BCUT2D eigenvalue weighted by Gasteiger charge is -2.23. The molecule has 0 saturated carbocycles. The summed E-state index contributed by atoms with van der Waals surface area (Å²) in [6.07, 6.45) is 2.46. The SMILES string of the molecule is CC(=O)N(CCNC(=O)COc1ccccc1)c1ccc(N2CCCC2)cc1. The molecule has 28 heavy (non-hydrogen) atoms. The summed E-state index contributed by atoms with van der Waals surface area (Å²) in [6, 6.07) is 17.3. The van der Waals surface area contributed by atoms with Gasteiger partial charge in [-0.2, -0.15) is 0 Å². The fourth-order valence-electron chi connectivity index (χ4n) is 3.31. The minimum atomic E-state index is -0.211. The van der Waals surface area contributed by atoms with Crippen LogP contribution in [-0.4, -0.2) is 44.6 Å². The van der Waals surface area contributed by atoms with Gasteiger partial charge in [0.1, 0.15) is 5.75 Å². The molecule has 0 atom stereocenters. The van der Waals surface area contributed by atoms with Gasteiger partial charge in [0.2, 0.25) is 5.91 Å². The lowest BCUT2D eigenvalue weighted by Crippen LogP contribution is -2.39. The normalized spacial score (nSPS) is 13.2. The summed E-state index contributed by atoms with van der Waals surface area (Å²) in [4.78, 5) is 28.0. The highest BCUT2D eigenvalue weighted by Crippen LogP contribution is 2.23. The number of amides is 2. The van der Waals surface area contributed by atoms with Gasteiger partial charge in [-0.3, -0.25) is 9.59 Å². The van der Waals surface area contributed by atoms with E-state index < -0.39 is 0 Å². The van der Waals surface area contributed by atoms with E-state index in [2.05, 4.69) is 22.3 Å². The van der Waals surface area contributed by atoms with Crippen molar-refractivity contribution in [2.75, 3.05) is 42.6 Å². The van der Waals surface area contributed by atoms with Crippen LogP contribution in [0.5, 0.6) is 5.75 Å². The van der Waals surface area contributed by atoms with Crippen LogP contribution in [0.3, 0.4) is 0 Å². The predicted molar refractivity (Wildman–Crippen MR) is 111 cm³/mol. The Labute approximate surface area is 166 Å². The number of ether oxygens (including phenoxy) is 1. The van der Waals surface area contributed by atoms with Crippen LogP contribution in [0, 0.1) is 0 Å². The molecule has 0 radical (unpaired) electrons. The molecule has 2 amide bonds. The van der Waals surface area contributed by atoms with Gasteiger partial charge in [-0.1, -0.05) is 18.2 Å². The molecule has 0 bridgehead atoms. The molecule has 148 valence electrons. The number of rotatable bonds is 8. The van der Waals surface area contributed by atoms with Gasteiger partial charge < -0.3 is 19.9 Å². The highest BCUT2D eigenvalue weighted by Gasteiger charge is 2.15. The molecule has 1 aliphatic rings. The lowest BCUT2D eigenvalue weighted by molar-refractivity contribution is -0.123. The van der Waals surface area contributed by atoms with Gasteiger partial charge in [-0.25, -0.2) is 0 Å². The van der Waals surface area contributed by atoms with E-state index in [0.717, 1.165) is 18.8 Å². The molecule has 1 saturated heterocycles. The van der Waals surface area contributed by atoms with Crippen molar-refractivity contribution in [2.45, 2.75) is 19.8 Å². The molecule has 0 aromatic heterocycles. The maximum absolute atomic E-state index is 12.1. The number of nitrogens with zero attached hydrogens (tertiary/aromatic N) is 2. The van der Waals surface area contributed by atoms with E-state index in [4.69, 9.17) is 4.74 Å². The zero-order valence-electron chi connectivity index (χ0n) is 16.3. The number of carbonyl (C=O) groups excluding carboxylic acids is 2. The monoisotopic (exact) mass is 381 g/mol. The molecule has 0 unspecified atom stereocenters. The largest absolute Gasteiger partial charge is 0.484 e. The van der Waals surface area contributed by atoms with Crippen LogP contribution >= 0.6 is 0 Å². The van der Waals surface area contributed by atoms with Gasteiger partial charge in [-0.05, 0) is 49.2 Å². The highest BCUT2D eigenvalue weighted by atomic mass is 16.5. The first-order chi connectivity index (χ1) is 13.6. The Morgan fingerprint density at radius 2 is 1.71 bits per heavy atom. The van der Waals surface area contributed by atoms with Gasteiger partial charge >= 0.3 is 0 Å². The van der Waals surface area contributed by atoms with Crippen LogP contribution in [-0.2, 0) is 9.59 Å². The van der Waals surface area contributed by atoms with Crippen molar-refractivity contribution in [1.82, 2.24) is 5.32 Å². The van der Waals surface area contributed by atoms with E-state index in [1.807, 2.05) is 30.3 Å². The fraction of sp³-hybridized carbons (Fsp3) is 0.364. The number of benzene rings is 2. The van der Waals surface area contributed by atoms with E-state index in [1.54, 1.807) is 17.0 Å². The van der Waals surface area contributed by atoms with Crippen molar-refractivity contribution in [2.24, 2.45) is 0 Å². The Morgan fingerprint density at radius 1 is 1.04 bits per heavy atom. The standard InChI is InChI=1S/C22H27N3O3/c1-18(26)25(20-11-9-19(10-12-20)24-14-5-6-15-24)16-13-23-22(27)17-28-21-7-3-2-4-8-21/h2-4,7-12H,5-6,13-17H2,1H3,(H,23,27). The zero-order valence-corrected chi connectivity index (χ0v) is 16.3. The maximum Gasteiger partial charge on any atom is 0.258 e. The molecule has 6 heteroatoms. The molecule has 3 rings (SSSR count). The van der Waals surface area contributed by atoms with Gasteiger partial charge in [0.05, 0.1) is 0 Å². The second-order valence-electron chi connectivity index (χ2n) is 6.83. The quantitative estimate of drug-likeness (QED) is 0.764. The van der Waals surface area contributed by atoms with Crippen LogP contribution in [0.2, 0.25) is 0 Å². The Bertz CT molecular complexity index is 771. The molecular formula is C22H27N3O3. The molecule has 2 aromatic rings. The summed E-state index contributed by atoms with van der Waals surface area (Å²) in [5.74, 6) is 0.390. The molecular weight excluding hydrogens is 354 g/mol. The summed E-state index contributed by atoms with van der Waals surface area (Å²) < 4.78 is 5.42. The average Bonchev–Trinajstić information content (AvgIpc) is 3.25. The molecule has 6 nitrogen and oxygen atoms in total. The van der Waals surface area contributed by atoms with Crippen LogP contribution < -0.4 is 19.9 Å². The van der Waals surface area contributed by atoms with Crippen LogP contribution in [0.25, 0.3) is 0 Å². The highest BCUT2D eigenvalue weighted by molar-refractivity contribution is 5.91. The van der Waals surface area contributed by atoms with Crippen molar-refractivity contribution in [1.29, 1.82) is 0 Å². The van der Waals surface area contributed by atoms with Crippen LogP contribution in [0.15, 0.2) is 54.6 Å². The third-order valence-corrected chi connectivity index (χ3v) is 4.78. The van der Waals surface area contributed by atoms with Crippen molar-refractivity contribution in [3.63, 3.8) is 0 Å². The molecule has 0 aliphatic carbocycles.